The molecule has 0 unspecified atom stereocenters. The van der Waals surface area contributed by atoms with Gasteiger partial charge in [-0.2, -0.15) is 0 Å². The van der Waals surface area contributed by atoms with E-state index in [1.165, 1.54) is 0 Å². The van der Waals surface area contributed by atoms with Crippen molar-refractivity contribution in [3.63, 3.8) is 0 Å². The van der Waals surface area contributed by atoms with E-state index in [-0.39, 0.29) is 84.0 Å². The summed E-state index contributed by atoms with van der Waals surface area (Å²) in [5.41, 5.74) is 0. The predicted molar refractivity (Wildman–Crippen MR) is 14.7 cm³/mol. The number of hydrogen-bond acceptors (Lipinski definition) is 0. The molecule has 0 amide bonds. The van der Waals surface area contributed by atoms with Crippen LogP contribution in [0.15, 0.2) is 0 Å². The Balaban J connectivity index is 0. The van der Waals surface area contributed by atoms with E-state index in [1.54, 1.807) is 0 Å². The first-order chi connectivity index (χ1) is 0. The molecule has 0 rings (SSSR count). The predicted octanol–water partition coefficient (Wildman–Crippen LogP) is -0.00730. The fourth-order valence-electron chi connectivity index (χ4n) is 0. The Hall–Kier alpha value is 2.54. The average molecular weight is 285 g/mol. The second-order valence-electron chi connectivity index (χ2n) is 0. The van der Waals surface area contributed by atoms with Crippen LogP contribution in [0.1, 0.15) is 0 Å². The summed E-state index contributed by atoms with van der Waals surface area (Å²) in [5.74, 6) is 0. The fraction of sp³-hybridized carbons (Fsp3) is 0. The maximum Gasteiger partial charge on any atom is 3.00 e. The summed E-state index contributed by atoms with van der Waals surface area (Å²) in [7, 11) is 0. The fourth-order valence-corrected chi connectivity index (χ4v) is 0. The molecule has 0 aliphatic heterocycles. The maximum atomic E-state index is 0. The third-order valence-electron chi connectivity index (χ3n) is 0. The molecule has 0 aromatic rings. The Morgan fingerprint density at radius 1 is 0.750 bits per heavy atom. The van der Waals surface area contributed by atoms with E-state index in [0.717, 1.165) is 0 Å². The molecular weight excluding hydrogens is 285 g/mol. The molecule has 0 aliphatic carbocycles. The molecule has 0 spiro atoms. The SMILES string of the molecule is [Cu+2].[Gd+3].[S-2].[S-2]. The van der Waals surface area contributed by atoms with Crippen molar-refractivity contribution in [1.29, 1.82) is 0 Å². The monoisotopic (exact) mass is 285 g/mol. The summed E-state index contributed by atoms with van der Waals surface area (Å²) in [6, 6.07) is 0. The first-order valence-corrected chi connectivity index (χ1v) is 0. The van der Waals surface area contributed by atoms with Gasteiger partial charge in [-0.25, -0.2) is 0 Å². The molecule has 0 saturated heterocycles. The van der Waals surface area contributed by atoms with E-state index in [4.69, 9.17) is 0 Å². The molecule has 0 bridgehead atoms. The third-order valence-corrected chi connectivity index (χ3v) is 0. The Labute approximate surface area is 82.5 Å². The minimum absolute atomic E-state index is 0. The van der Waals surface area contributed by atoms with Crippen LogP contribution in [0.3, 0.4) is 0 Å². The van der Waals surface area contributed by atoms with Gasteiger partial charge in [0, 0.05) is 0 Å². The molecule has 0 fully saturated rings. The summed E-state index contributed by atoms with van der Waals surface area (Å²) >= 11 is 0. The zero-order valence-electron chi connectivity index (χ0n) is 1.47. The van der Waals surface area contributed by atoms with E-state index in [9.17, 15) is 0 Å². The summed E-state index contributed by atoms with van der Waals surface area (Å²) in [6.45, 7) is 0. The zero-order valence-corrected chi connectivity index (χ0v) is 6.31. The van der Waals surface area contributed by atoms with E-state index in [2.05, 4.69) is 0 Å². The van der Waals surface area contributed by atoms with Crippen LogP contribution in [0.4, 0.5) is 0 Å². The second-order valence-corrected chi connectivity index (χ2v) is 0. The molecule has 0 aliphatic rings. The number of rotatable bonds is 0. The van der Waals surface area contributed by atoms with E-state index in [0.29, 0.717) is 0 Å². The quantitative estimate of drug-likeness (QED) is 0.549. The molecule has 30 valence electrons. The van der Waals surface area contributed by atoms with Crippen molar-refractivity contribution in [2.45, 2.75) is 0 Å². The van der Waals surface area contributed by atoms with Crippen LogP contribution in [-0.2, 0) is 44.1 Å². The summed E-state index contributed by atoms with van der Waals surface area (Å²) in [6.07, 6.45) is 0. The molecule has 0 nitrogen and oxygen atoms in total. The van der Waals surface area contributed by atoms with Crippen molar-refractivity contribution < 1.29 is 57.0 Å². The standard InChI is InChI=1S/Cu.Gd.2S/q+2;+3;2*-2. The molecule has 0 saturated carbocycles. The maximum absolute atomic E-state index is 0. The average Bonchev–Trinajstić information content (AvgIpc) is 0. The summed E-state index contributed by atoms with van der Waals surface area (Å²) in [5, 5.41) is 0. The van der Waals surface area contributed by atoms with Gasteiger partial charge >= 0.3 is 57.0 Å². The van der Waals surface area contributed by atoms with Crippen molar-refractivity contribution in [3.05, 3.63) is 0 Å². The minimum Gasteiger partial charge on any atom is -2.00 e. The van der Waals surface area contributed by atoms with Gasteiger partial charge < -0.3 is 27.0 Å². The Morgan fingerprint density at radius 2 is 0.750 bits per heavy atom. The van der Waals surface area contributed by atoms with Crippen LogP contribution < -0.4 is 0 Å². The number of hydrogen-bond donors (Lipinski definition) is 0. The summed E-state index contributed by atoms with van der Waals surface area (Å²) < 4.78 is 0. The van der Waals surface area contributed by atoms with Crippen molar-refractivity contribution in [1.82, 2.24) is 0 Å². The molecular formula is CuGdS2+. The van der Waals surface area contributed by atoms with E-state index >= 15 is 0 Å². The van der Waals surface area contributed by atoms with Crippen LogP contribution in [0.25, 0.3) is 0 Å². The second kappa shape index (κ2) is 17.7. The third kappa shape index (κ3) is 8.82. The largest absolute Gasteiger partial charge is 3.00 e. The van der Waals surface area contributed by atoms with Crippen molar-refractivity contribution in [2.24, 2.45) is 0 Å². The molecule has 2 radical (unpaired) electrons. The van der Waals surface area contributed by atoms with Gasteiger partial charge in [0.05, 0.1) is 0 Å². The molecule has 0 heterocycles. The van der Waals surface area contributed by atoms with Gasteiger partial charge in [-0.15, -0.1) is 0 Å². The summed E-state index contributed by atoms with van der Waals surface area (Å²) in [4.78, 5) is 0. The smallest absolute Gasteiger partial charge is 2.00 e. The van der Waals surface area contributed by atoms with Crippen molar-refractivity contribution >= 4 is 27.0 Å². The molecule has 0 atom stereocenters. The van der Waals surface area contributed by atoms with Gasteiger partial charge in [0.1, 0.15) is 0 Å². The van der Waals surface area contributed by atoms with Gasteiger partial charge in [-0.3, -0.25) is 0 Å². The van der Waals surface area contributed by atoms with Gasteiger partial charge in [0.25, 0.3) is 0 Å². The molecule has 4 heteroatoms. The first kappa shape index (κ1) is 31.1. The van der Waals surface area contributed by atoms with E-state index < -0.39 is 0 Å². The molecule has 0 aromatic heterocycles. The Morgan fingerprint density at radius 3 is 0.750 bits per heavy atom. The minimum atomic E-state index is 0. The molecule has 0 N–H and O–H groups in total. The van der Waals surface area contributed by atoms with E-state index in [1.807, 2.05) is 0 Å². The van der Waals surface area contributed by atoms with Crippen LogP contribution in [-0.4, -0.2) is 0 Å². The Bertz CT molecular complexity index is 6.00. The van der Waals surface area contributed by atoms with Crippen LogP contribution >= 0.6 is 0 Å². The van der Waals surface area contributed by atoms with Crippen LogP contribution in [0.2, 0.25) is 0 Å². The normalized spacial score (nSPS) is 0. The first-order valence-electron chi connectivity index (χ1n) is 0. The van der Waals surface area contributed by atoms with Gasteiger partial charge in [0.2, 0.25) is 0 Å². The van der Waals surface area contributed by atoms with Gasteiger partial charge in [-0.05, 0) is 0 Å². The topological polar surface area (TPSA) is 0 Å². The molecule has 4 heavy (non-hydrogen) atoms. The Kier molecular flexibility index (Phi) is 137. The van der Waals surface area contributed by atoms with Gasteiger partial charge in [-0.1, -0.05) is 0 Å². The van der Waals surface area contributed by atoms with Crippen LogP contribution in [0.5, 0.6) is 0 Å². The molecule has 0 aromatic carbocycles. The van der Waals surface area contributed by atoms with Gasteiger partial charge in [0.15, 0.2) is 0 Å². The van der Waals surface area contributed by atoms with Crippen LogP contribution in [0, 0.1) is 39.9 Å². The van der Waals surface area contributed by atoms with Crippen molar-refractivity contribution in [2.75, 3.05) is 0 Å². The van der Waals surface area contributed by atoms with Crippen molar-refractivity contribution in [3.8, 4) is 0 Å². The zero-order chi connectivity index (χ0) is 0.